The fourth-order valence-electron chi connectivity index (χ4n) is 2.50. The van der Waals surface area contributed by atoms with Gasteiger partial charge in [-0.15, -0.1) is 0 Å². The molecule has 0 bridgehead atoms. The molecule has 1 aromatic carbocycles. The number of carbonyl (C=O) groups excluding carboxylic acids is 1. The van der Waals surface area contributed by atoms with Crippen LogP contribution in [0.2, 0.25) is 0 Å². The standard InChI is InChI=1S/C19H31N2O7P/c1-6-14(4)27-29(25,26)28-15(5)17-11-16(8-9-18(17)21(23)24)12-20-19(22)10-7-13(2)3/h8-9,11,13-15H,6-7,10,12H2,1-5H3,(H,20,22)(H,25,26). The molecule has 0 fully saturated rings. The predicted molar refractivity (Wildman–Crippen MR) is 109 cm³/mol. The number of rotatable bonds is 12. The lowest BCUT2D eigenvalue weighted by Gasteiger charge is -2.20. The summed E-state index contributed by atoms with van der Waals surface area (Å²) in [7, 11) is -4.39. The Morgan fingerprint density at radius 2 is 1.93 bits per heavy atom. The summed E-state index contributed by atoms with van der Waals surface area (Å²) < 4.78 is 22.3. The van der Waals surface area contributed by atoms with Gasteiger partial charge >= 0.3 is 7.82 Å². The van der Waals surface area contributed by atoms with Crippen molar-refractivity contribution < 1.29 is 28.2 Å². The first-order chi connectivity index (χ1) is 13.4. The van der Waals surface area contributed by atoms with E-state index in [0.717, 1.165) is 6.42 Å². The lowest BCUT2D eigenvalue weighted by atomic mass is 10.0. The molecule has 164 valence electrons. The fraction of sp³-hybridized carbons (Fsp3) is 0.632. The summed E-state index contributed by atoms with van der Waals surface area (Å²) in [5.41, 5.74) is 0.511. The van der Waals surface area contributed by atoms with Gasteiger partial charge in [-0.25, -0.2) is 4.57 Å². The van der Waals surface area contributed by atoms with E-state index in [4.69, 9.17) is 9.05 Å². The van der Waals surface area contributed by atoms with Crippen molar-refractivity contribution in [2.45, 2.75) is 72.6 Å². The quantitative estimate of drug-likeness (QED) is 0.281. The van der Waals surface area contributed by atoms with Crippen LogP contribution in [0.25, 0.3) is 0 Å². The molecular formula is C19H31N2O7P. The lowest BCUT2D eigenvalue weighted by Crippen LogP contribution is -2.23. The zero-order chi connectivity index (χ0) is 22.2. The summed E-state index contributed by atoms with van der Waals surface area (Å²) in [6.45, 7) is 9.11. The number of amides is 1. The van der Waals surface area contributed by atoms with E-state index in [9.17, 15) is 24.4 Å². The molecule has 0 saturated carbocycles. The van der Waals surface area contributed by atoms with Crippen molar-refractivity contribution in [2.24, 2.45) is 5.92 Å². The van der Waals surface area contributed by atoms with Crippen molar-refractivity contribution in [1.29, 1.82) is 0 Å². The van der Waals surface area contributed by atoms with E-state index < -0.39 is 25.0 Å². The van der Waals surface area contributed by atoms with E-state index in [2.05, 4.69) is 5.32 Å². The Morgan fingerprint density at radius 3 is 2.48 bits per heavy atom. The van der Waals surface area contributed by atoms with E-state index >= 15 is 0 Å². The second-order valence-corrected chi connectivity index (χ2v) is 8.76. The predicted octanol–water partition coefficient (Wildman–Crippen LogP) is 4.64. The van der Waals surface area contributed by atoms with E-state index in [1.807, 2.05) is 13.8 Å². The highest BCUT2D eigenvalue weighted by atomic mass is 31.2. The molecule has 0 aliphatic heterocycles. The maximum Gasteiger partial charge on any atom is 0.473 e. The Labute approximate surface area is 171 Å². The van der Waals surface area contributed by atoms with Crippen molar-refractivity contribution in [3.8, 4) is 0 Å². The molecular weight excluding hydrogens is 399 g/mol. The molecule has 0 aromatic heterocycles. The molecule has 9 nitrogen and oxygen atoms in total. The number of nitrogens with one attached hydrogen (secondary N) is 1. The number of nitro benzene ring substituents is 1. The summed E-state index contributed by atoms with van der Waals surface area (Å²) in [6.07, 6.45) is 0.114. The Hall–Kier alpha value is -1.80. The van der Waals surface area contributed by atoms with Gasteiger partial charge in [-0.2, -0.15) is 0 Å². The average molecular weight is 430 g/mol. The molecule has 1 rings (SSSR count). The number of nitrogens with zero attached hydrogens (tertiary/aromatic N) is 1. The van der Waals surface area contributed by atoms with Crippen LogP contribution >= 0.6 is 7.82 Å². The van der Waals surface area contributed by atoms with Crippen molar-refractivity contribution in [1.82, 2.24) is 5.32 Å². The van der Waals surface area contributed by atoms with Crippen LogP contribution in [0.5, 0.6) is 0 Å². The largest absolute Gasteiger partial charge is 0.473 e. The van der Waals surface area contributed by atoms with E-state index in [0.29, 0.717) is 24.3 Å². The van der Waals surface area contributed by atoms with Crippen LogP contribution < -0.4 is 5.32 Å². The molecule has 0 saturated heterocycles. The molecule has 3 unspecified atom stereocenters. The number of benzene rings is 1. The summed E-state index contributed by atoms with van der Waals surface area (Å²) in [5.74, 6) is 0.307. The summed E-state index contributed by atoms with van der Waals surface area (Å²) >= 11 is 0. The monoisotopic (exact) mass is 430 g/mol. The van der Waals surface area contributed by atoms with E-state index in [1.54, 1.807) is 13.8 Å². The van der Waals surface area contributed by atoms with Gasteiger partial charge in [0.05, 0.1) is 22.7 Å². The molecule has 0 aliphatic rings. The number of carbonyl (C=O) groups is 1. The van der Waals surface area contributed by atoms with Crippen LogP contribution in [-0.4, -0.2) is 21.8 Å². The zero-order valence-corrected chi connectivity index (χ0v) is 18.5. The third kappa shape index (κ3) is 9.04. The van der Waals surface area contributed by atoms with E-state index in [-0.39, 0.29) is 23.7 Å². The number of hydrogen-bond acceptors (Lipinski definition) is 6. The Balaban J connectivity index is 2.94. The molecule has 3 atom stereocenters. The first kappa shape index (κ1) is 25.2. The van der Waals surface area contributed by atoms with Crippen molar-refractivity contribution in [3.63, 3.8) is 0 Å². The molecule has 1 aromatic rings. The molecule has 10 heteroatoms. The Morgan fingerprint density at radius 1 is 1.28 bits per heavy atom. The van der Waals surface area contributed by atoms with Crippen LogP contribution in [0.1, 0.15) is 71.1 Å². The molecule has 1 amide bonds. The number of phosphoric acid groups is 1. The summed E-state index contributed by atoms with van der Waals surface area (Å²) in [5, 5.41) is 14.1. The van der Waals surface area contributed by atoms with Gasteiger partial charge in [0.25, 0.3) is 5.69 Å². The second kappa shape index (κ2) is 11.4. The van der Waals surface area contributed by atoms with Gasteiger partial charge in [-0.3, -0.25) is 24.0 Å². The summed E-state index contributed by atoms with van der Waals surface area (Å²) in [6, 6.07) is 4.32. The molecule has 0 aliphatic carbocycles. The van der Waals surface area contributed by atoms with Crippen LogP contribution in [0.4, 0.5) is 5.69 Å². The number of nitro groups is 1. The van der Waals surface area contributed by atoms with Gasteiger partial charge in [0.15, 0.2) is 0 Å². The Kier molecular flexibility index (Phi) is 9.92. The first-order valence-corrected chi connectivity index (χ1v) is 11.2. The molecule has 0 spiro atoms. The highest BCUT2D eigenvalue weighted by Crippen LogP contribution is 2.50. The SMILES string of the molecule is CCC(C)OP(=O)(O)OC(C)c1cc(CNC(=O)CCC(C)C)ccc1[N+](=O)[O-]. The molecule has 0 radical (unpaired) electrons. The zero-order valence-electron chi connectivity index (χ0n) is 17.6. The topological polar surface area (TPSA) is 128 Å². The third-order valence-electron chi connectivity index (χ3n) is 4.34. The minimum Gasteiger partial charge on any atom is -0.352 e. The smallest absolute Gasteiger partial charge is 0.352 e. The van der Waals surface area contributed by atoms with Crippen LogP contribution in [-0.2, 0) is 25.0 Å². The normalized spacial score (nSPS) is 15.6. The molecule has 2 N–H and O–H groups in total. The van der Waals surface area contributed by atoms with Gasteiger partial charge in [0.2, 0.25) is 5.91 Å². The maximum atomic E-state index is 12.2. The van der Waals surface area contributed by atoms with Gasteiger partial charge < -0.3 is 10.2 Å². The first-order valence-electron chi connectivity index (χ1n) is 9.68. The minimum absolute atomic E-state index is 0.107. The third-order valence-corrected chi connectivity index (χ3v) is 5.55. The highest BCUT2D eigenvalue weighted by Gasteiger charge is 2.30. The van der Waals surface area contributed by atoms with Crippen molar-refractivity contribution in [2.75, 3.05) is 0 Å². The van der Waals surface area contributed by atoms with Crippen LogP contribution in [0.3, 0.4) is 0 Å². The van der Waals surface area contributed by atoms with Crippen LogP contribution in [0, 0.1) is 16.0 Å². The molecule has 29 heavy (non-hydrogen) atoms. The molecule has 0 heterocycles. The van der Waals surface area contributed by atoms with Gasteiger partial charge in [-0.05, 0) is 44.2 Å². The number of hydrogen-bond donors (Lipinski definition) is 2. The van der Waals surface area contributed by atoms with Gasteiger partial charge in [0, 0.05) is 19.0 Å². The second-order valence-electron chi connectivity index (χ2n) is 7.40. The van der Waals surface area contributed by atoms with Crippen molar-refractivity contribution in [3.05, 3.63) is 39.4 Å². The van der Waals surface area contributed by atoms with Gasteiger partial charge in [-0.1, -0.05) is 26.8 Å². The lowest BCUT2D eigenvalue weighted by molar-refractivity contribution is -0.386. The van der Waals surface area contributed by atoms with Crippen LogP contribution in [0.15, 0.2) is 18.2 Å². The number of phosphoric ester groups is 1. The highest BCUT2D eigenvalue weighted by molar-refractivity contribution is 7.47. The van der Waals surface area contributed by atoms with Crippen molar-refractivity contribution >= 4 is 19.4 Å². The summed E-state index contributed by atoms with van der Waals surface area (Å²) in [4.78, 5) is 32.6. The maximum absolute atomic E-state index is 12.2. The van der Waals surface area contributed by atoms with Gasteiger partial charge in [0.1, 0.15) is 0 Å². The van der Waals surface area contributed by atoms with E-state index in [1.165, 1.54) is 25.1 Å². The minimum atomic E-state index is -4.39. The fourth-order valence-corrected chi connectivity index (χ4v) is 3.66. The average Bonchev–Trinajstić information content (AvgIpc) is 2.63. The Bertz CT molecular complexity index is 754.